The largest absolute Gasteiger partial charge is 0.441 e. The van der Waals surface area contributed by atoms with E-state index in [1.165, 1.54) is 17.8 Å². The monoisotopic (exact) mass is 453 g/mol. The average molecular weight is 454 g/mol. The normalized spacial score (nSPS) is 10.1. The summed E-state index contributed by atoms with van der Waals surface area (Å²) in [5, 5.41) is 0. The van der Waals surface area contributed by atoms with E-state index >= 15 is 0 Å². The Morgan fingerprint density at radius 1 is 1.00 bits per heavy atom. The summed E-state index contributed by atoms with van der Waals surface area (Å²) >= 11 is 0. The molecule has 0 aliphatic heterocycles. The number of hydrogen-bond acceptors (Lipinski definition) is 4. The highest BCUT2D eigenvalue weighted by Crippen LogP contribution is 2.23. The first-order valence-corrected chi connectivity index (χ1v) is 9.38. The van der Waals surface area contributed by atoms with Gasteiger partial charge < -0.3 is 15.1 Å². The molecule has 1 amide bonds. The zero-order valence-corrected chi connectivity index (χ0v) is 18.1. The van der Waals surface area contributed by atoms with E-state index in [2.05, 4.69) is 4.98 Å². The van der Waals surface area contributed by atoms with Gasteiger partial charge in [-0.05, 0) is 24.1 Å². The van der Waals surface area contributed by atoms with E-state index in [-0.39, 0.29) is 43.0 Å². The van der Waals surface area contributed by atoms with Crippen molar-refractivity contribution < 1.29 is 13.6 Å². The minimum Gasteiger partial charge on any atom is -0.441 e. The topological polar surface area (TPSA) is 72.4 Å². The molecule has 1 aromatic heterocycles. The lowest BCUT2D eigenvalue weighted by Crippen LogP contribution is -2.37. The number of nitrogens with two attached hydrogens (primary N) is 1. The molecule has 2 aromatic carbocycles. The fraction of sp³-hybridized carbons (Fsp3) is 0.273. The van der Waals surface area contributed by atoms with Gasteiger partial charge in [-0.15, -0.1) is 24.8 Å². The van der Waals surface area contributed by atoms with Crippen molar-refractivity contribution in [3.8, 4) is 11.3 Å². The lowest BCUT2D eigenvalue weighted by atomic mass is 10.1. The highest BCUT2D eigenvalue weighted by molar-refractivity contribution is 5.85. The first-order valence-electron chi connectivity index (χ1n) is 9.38. The van der Waals surface area contributed by atoms with Gasteiger partial charge in [-0.2, -0.15) is 0 Å². The van der Waals surface area contributed by atoms with Crippen molar-refractivity contribution in [2.45, 2.75) is 19.3 Å². The van der Waals surface area contributed by atoms with Crippen LogP contribution in [0, 0.1) is 5.82 Å². The van der Waals surface area contributed by atoms with Crippen LogP contribution in [0.5, 0.6) is 0 Å². The van der Waals surface area contributed by atoms with E-state index < -0.39 is 0 Å². The van der Waals surface area contributed by atoms with Crippen LogP contribution in [0.3, 0.4) is 0 Å². The number of hydrogen-bond donors (Lipinski definition) is 1. The van der Waals surface area contributed by atoms with Crippen LogP contribution in [0.25, 0.3) is 11.3 Å². The van der Waals surface area contributed by atoms with E-state index in [1.807, 2.05) is 30.3 Å². The number of oxazole rings is 1. The second-order valence-electron chi connectivity index (χ2n) is 6.50. The van der Waals surface area contributed by atoms with Gasteiger partial charge in [0.25, 0.3) is 0 Å². The third-order valence-electron chi connectivity index (χ3n) is 4.51. The molecule has 3 rings (SSSR count). The van der Waals surface area contributed by atoms with Gasteiger partial charge in [-0.25, -0.2) is 9.37 Å². The summed E-state index contributed by atoms with van der Waals surface area (Å²) in [7, 11) is 0. The number of nitrogens with zero attached hydrogens (tertiary/aromatic N) is 2. The Morgan fingerprint density at radius 2 is 1.70 bits per heavy atom. The van der Waals surface area contributed by atoms with Gasteiger partial charge in [0.1, 0.15) is 5.82 Å². The van der Waals surface area contributed by atoms with Gasteiger partial charge in [0.2, 0.25) is 5.91 Å². The number of aromatic nitrogens is 1. The fourth-order valence-corrected chi connectivity index (χ4v) is 3.01. The lowest BCUT2D eigenvalue weighted by Gasteiger charge is -2.22. The number of rotatable bonds is 9. The van der Waals surface area contributed by atoms with Crippen molar-refractivity contribution in [3.05, 3.63) is 78.1 Å². The van der Waals surface area contributed by atoms with Gasteiger partial charge in [0.05, 0.1) is 11.8 Å². The van der Waals surface area contributed by atoms with Crippen LogP contribution in [0.1, 0.15) is 17.9 Å². The first-order chi connectivity index (χ1) is 13.7. The van der Waals surface area contributed by atoms with Crippen LogP contribution in [0.2, 0.25) is 0 Å². The third-order valence-corrected chi connectivity index (χ3v) is 4.51. The molecular formula is C22H26Cl2FN3O2. The van der Waals surface area contributed by atoms with Crippen molar-refractivity contribution in [1.82, 2.24) is 9.88 Å². The van der Waals surface area contributed by atoms with Crippen molar-refractivity contribution in [2.75, 3.05) is 19.6 Å². The zero-order chi connectivity index (χ0) is 19.8. The average Bonchev–Trinajstić information content (AvgIpc) is 3.19. The Labute approximate surface area is 188 Å². The molecule has 0 aliphatic rings. The van der Waals surface area contributed by atoms with Crippen LogP contribution < -0.4 is 5.73 Å². The SMILES string of the molecule is Cl.Cl.NCCN(CCc1ccccc1)C(=O)CCc1ncc(-c2ccccc2F)o1. The quantitative estimate of drug-likeness (QED) is 0.524. The van der Waals surface area contributed by atoms with E-state index in [4.69, 9.17) is 10.2 Å². The molecule has 1 heterocycles. The second-order valence-corrected chi connectivity index (χ2v) is 6.50. The molecule has 5 nitrogen and oxygen atoms in total. The predicted molar refractivity (Wildman–Crippen MR) is 120 cm³/mol. The highest BCUT2D eigenvalue weighted by Gasteiger charge is 2.15. The molecule has 3 aromatic rings. The van der Waals surface area contributed by atoms with Crippen molar-refractivity contribution in [2.24, 2.45) is 5.73 Å². The molecule has 0 spiro atoms. The third kappa shape index (κ3) is 7.13. The first kappa shape index (κ1) is 25.6. The second kappa shape index (κ2) is 13.0. The Hall–Kier alpha value is -2.41. The number of carbonyl (C=O) groups is 1. The minimum atomic E-state index is -0.365. The van der Waals surface area contributed by atoms with Gasteiger partial charge in [-0.1, -0.05) is 42.5 Å². The van der Waals surface area contributed by atoms with Crippen molar-refractivity contribution in [3.63, 3.8) is 0 Å². The molecule has 0 saturated heterocycles. The molecule has 0 saturated carbocycles. The number of benzene rings is 2. The predicted octanol–water partition coefficient (Wildman–Crippen LogP) is 4.29. The van der Waals surface area contributed by atoms with Crippen LogP contribution in [-0.4, -0.2) is 35.4 Å². The Balaban J connectivity index is 0.00000225. The number of carbonyl (C=O) groups excluding carboxylic acids is 1. The lowest BCUT2D eigenvalue weighted by molar-refractivity contribution is -0.131. The van der Waals surface area contributed by atoms with E-state index in [0.717, 1.165) is 6.42 Å². The van der Waals surface area contributed by atoms with E-state index in [9.17, 15) is 9.18 Å². The minimum absolute atomic E-state index is 0. The molecule has 0 fully saturated rings. The Morgan fingerprint density at radius 3 is 2.40 bits per heavy atom. The highest BCUT2D eigenvalue weighted by atomic mass is 35.5. The Bertz CT molecular complexity index is 906. The van der Waals surface area contributed by atoms with Crippen molar-refractivity contribution >= 4 is 30.7 Å². The molecule has 162 valence electrons. The van der Waals surface area contributed by atoms with Gasteiger partial charge in [0, 0.05) is 32.5 Å². The molecule has 8 heteroatoms. The van der Waals surface area contributed by atoms with Gasteiger partial charge in [-0.3, -0.25) is 4.79 Å². The number of aryl methyl sites for hydroxylation is 1. The summed E-state index contributed by atoms with van der Waals surface area (Å²) in [6.07, 6.45) is 2.90. The molecule has 0 atom stereocenters. The molecule has 0 unspecified atom stereocenters. The Kier molecular flexibility index (Phi) is 11.1. The molecular weight excluding hydrogens is 428 g/mol. The summed E-state index contributed by atoms with van der Waals surface area (Å²) in [5.74, 6) is 0.425. The maximum atomic E-state index is 13.9. The number of halogens is 3. The van der Waals surface area contributed by atoms with Crippen LogP contribution in [-0.2, 0) is 17.6 Å². The number of amides is 1. The molecule has 0 aliphatic carbocycles. The van der Waals surface area contributed by atoms with Crippen LogP contribution >= 0.6 is 24.8 Å². The summed E-state index contributed by atoms with van der Waals surface area (Å²) < 4.78 is 19.5. The standard InChI is InChI=1S/C22H24FN3O2.2ClH/c23-19-9-5-4-8-18(19)20-16-25-21(28-20)10-11-22(27)26(15-13-24)14-12-17-6-2-1-3-7-17;;/h1-9,16H,10-15,24H2;2*1H. The summed E-state index contributed by atoms with van der Waals surface area (Å²) in [6.45, 7) is 1.54. The molecule has 0 bridgehead atoms. The van der Waals surface area contributed by atoms with Crippen molar-refractivity contribution in [1.29, 1.82) is 0 Å². The van der Waals surface area contributed by atoms with Gasteiger partial charge in [0.15, 0.2) is 11.7 Å². The van der Waals surface area contributed by atoms with E-state index in [0.29, 0.717) is 43.3 Å². The molecule has 0 radical (unpaired) electrons. The molecule has 2 N–H and O–H groups in total. The summed E-state index contributed by atoms with van der Waals surface area (Å²) in [6, 6.07) is 16.4. The van der Waals surface area contributed by atoms with Crippen LogP contribution in [0.4, 0.5) is 4.39 Å². The molecule has 30 heavy (non-hydrogen) atoms. The zero-order valence-electron chi connectivity index (χ0n) is 16.5. The summed E-state index contributed by atoms with van der Waals surface area (Å²) in [4.78, 5) is 18.5. The maximum absolute atomic E-state index is 13.9. The summed E-state index contributed by atoms with van der Waals surface area (Å²) in [5.41, 5.74) is 7.21. The van der Waals surface area contributed by atoms with E-state index in [1.54, 1.807) is 23.1 Å². The van der Waals surface area contributed by atoms with Crippen LogP contribution in [0.15, 0.2) is 65.2 Å². The fourth-order valence-electron chi connectivity index (χ4n) is 3.01. The van der Waals surface area contributed by atoms with Gasteiger partial charge >= 0.3 is 0 Å². The maximum Gasteiger partial charge on any atom is 0.223 e. The smallest absolute Gasteiger partial charge is 0.223 e.